The third-order valence-corrected chi connectivity index (χ3v) is 12.0. The largest absolute Gasteiger partial charge is 0.354 e. The number of nitrogens with zero attached hydrogens (tertiary/aromatic N) is 2. The highest BCUT2D eigenvalue weighted by molar-refractivity contribution is 7.92. The van der Waals surface area contributed by atoms with Crippen LogP contribution in [0, 0.1) is 30.6 Å². The molecule has 8 heteroatoms. The normalized spacial score (nSPS) is 23.6. The number of sulfonamides is 1. The maximum absolute atomic E-state index is 14.5. The standard InChI is InChI=1S/C40H51N3O4S/c1-28(2)25-41-39(45)37(21-30-10-6-5-7-11-30)42(26-31-12-8-9-29(3)17-31)38(44)27-43(48(4,46)47)36-15-13-35(14-16-36)40-22-32-18-33(23-40)20-34(19-32)24-40/h5-17,28,32-34,37H,18-27H2,1-4H3,(H,41,45)/t32?,33?,34?,37-,40?/m0/s1. The summed E-state index contributed by atoms with van der Waals surface area (Å²) in [5.74, 6) is 1.98. The molecule has 3 aromatic carbocycles. The summed E-state index contributed by atoms with van der Waals surface area (Å²) in [6.07, 6.45) is 9.21. The first kappa shape index (κ1) is 34.2. The molecule has 7 nitrogen and oxygen atoms in total. The molecular formula is C40H51N3O4S. The summed E-state index contributed by atoms with van der Waals surface area (Å²) in [5, 5.41) is 3.05. The highest BCUT2D eigenvalue weighted by Crippen LogP contribution is 2.60. The maximum Gasteiger partial charge on any atom is 0.244 e. The monoisotopic (exact) mass is 669 g/mol. The first-order valence-corrected chi connectivity index (χ1v) is 19.5. The quantitative estimate of drug-likeness (QED) is 0.221. The van der Waals surface area contributed by atoms with Crippen molar-refractivity contribution in [2.45, 2.75) is 83.7 Å². The Morgan fingerprint density at radius 2 is 1.46 bits per heavy atom. The van der Waals surface area contributed by atoms with Crippen molar-refractivity contribution in [1.29, 1.82) is 0 Å². The Labute approximate surface area is 287 Å². The average molecular weight is 670 g/mol. The lowest BCUT2D eigenvalue weighted by Gasteiger charge is -2.57. The molecule has 1 atom stereocenters. The summed E-state index contributed by atoms with van der Waals surface area (Å²) in [4.78, 5) is 29.9. The number of benzene rings is 3. The van der Waals surface area contributed by atoms with E-state index in [0.29, 0.717) is 18.7 Å². The van der Waals surface area contributed by atoms with E-state index in [-0.39, 0.29) is 23.8 Å². The van der Waals surface area contributed by atoms with Gasteiger partial charge in [0.15, 0.2) is 0 Å². The van der Waals surface area contributed by atoms with Gasteiger partial charge >= 0.3 is 0 Å². The van der Waals surface area contributed by atoms with E-state index in [1.165, 1.54) is 48.4 Å². The number of anilines is 1. The van der Waals surface area contributed by atoms with Gasteiger partial charge in [0.2, 0.25) is 21.8 Å². The molecule has 0 spiro atoms. The second-order valence-electron chi connectivity index (χ2n) is 15.4. The Morgan fingerprint density at radius 3 is 2.02 bits per heavy atom. The molecule has 3 aromatic rings. The van der Waals surface area contributed by atoms with Gasteiger partial charge in [0.1, 0.15) is 12.6 Å². The van der Waals surface area contributed by atoms with Crippen molar-refractivity contribution >= 4 is 27.5 Å². The maximum atomic E-state index is 14.5. The van der Waals surface area contributed by atoms with E-state index in [0.717, 1.165) is 40.7 Å². The van der Waals surface area contributed by atoms with Gasteiger partial charge in [0.25, 0.3) is 0 Å². The van der Waals surface area contributed by atoms with Crippen molar-refractivity contribution in [3.8, 4) is 0 Å². The Morgan fingerprint density at radius 1 is 0.854 bits per heavy atom. The van der Waals surface area contributed by atoms with Crippen molar-refractivity contribution in [3.63, 3.8) is 0 Å². The molecule has 0 radical (unpaired) electrons. The van der Waals surface area contributed by atoms with Gasteiger partial charge in [-0.1, -0.05) is 86.1 Å². The van der Waals surface area contributed by atoms with E-state index < -0.39 is 28.5 Å². The molecule has 0 aliphatic heterocycles. The zero-order valence-electron chi connectivity index (χ0n) is 28.9. The predicted molar refractivity (Wildman–Crippen MR) is 192 cm³/mol. The van der Waals surface area contributed by atoms with Crippen LogP contribution < -0.4 is 9.62 Å². The van der Waals surface area contributed by atoms with Gasteiger partial charge in [0, 0.05) is 19.5 Å². The minimum Gasteiger partial charge on any atom is -0.354 e. The van der Waals surface area contributed by atoms with Crippen LogP contribution in [0.15, 0.2) is 78.9 Å². The highest BCUT2D eigenvalue weighted by atomic mass is 32.2. The van der Waals surface area contributed by atoms with Crippen LogP contribution in [0.4, 0.5) is 5.69 Å². The van der Waals surface area contributed by atoms with Crippen LogP contribution in [0.3, 0.4) is 0 Å². The average Bonchev–Trinajstić information content (AvgIpc) is 3.03. The number of rotatable bonds is 13. The van der Waals surface area contributed by atoms with E-state index in [9.17, 15) is 18.0 Å². The predicted octanol–water partition coefficient (Wildman–Crippen LogP) is 6.64. The van der Waals surface area contributed by atoms with Crippen LogP contribution in [0.5, 0.6) is 0 Å². The fourth-order valence-corrected chi connectivity index (χ4v) is 9.89. The van der Waals surface area contributed by atoms with E-state index in [2.05, 4.69) is 17.4 Å². The van der Waals surface area contributed by atoms with Crippen LogP contribution in [0.2, 0.25) is 0 Å². The number of amides is 2. The lowest BCUT2D eigenvalue weighted by Crippen LogP contribution is -2.53. The van der Waals surface area contributed by atoms with Gasteiger partial charge < -0.3 is 10.2 Å². The van der Waals surface area contributed by atoms with E-state index in [1.54, 1.807) is 4.90 Å². The molecule has 4 saturated carbocycles. The van der Waals surface area contributed by atoms with Crippen molar-refractivity contribution < 1.29 is 18.0 Å². The van der Waals surface area contributed by atoms with Gasteiger partial charge in [-0.05, 0) is 103 Å². The molecular weight excluding hydrogens is 619 g/mol. The first-order chi connectivity index (χ1) is 22.9. The van der Waals surface area contributed by atoms with E-state index in [1.807, 2.05) is 87.5 Å². The molecule has 0 heterocycles. The summed E-state index contributed by atoms with van der Waals surface area (Å²) in [5.41, 5.74) is 4.81. The molecule has 4 bridgehead atoms. The number of carbonyl (C=O) groups is 2. The third-order valence-electron chi connectivity index (χ3n) is 10.9. The Balaban J connectivity index is 1.30. The minimum absolute atomic E-state index is 0.176. The highest BCUT2D eigenvalue weighted by Gasteiger charge is 2.51. The van der Waals surface area contributed by atoms with Crippen molar-refractivity contribution in [2.75, 3.05) is 23.7 Å². The molecule has 4 aliphatic carbocycles. The molecule has 0 aromatic heterocycles. The number of nitrogens with one attached hydrogen (secondary N) is 1. The second kappa shape index (κ2) is 14.1. The Kier molecular flexibility index (Phi) is 10.0. The summed E-state index contributed by atoms with van der Waals surface area (Å²) in [6.45, 7) is 6.30. The molecule has 4 fully saturated rings. The lowest BCUT2D eigenvalue weighted by molar-refractivity contribution is -0.140. The van der Waals surface area contributed by atoms with Crippen LogP contribution >= 0.6 is 0 Å². The third kappa shape index (κ3) is 7.80. The van der Waals surface area contributed by atoms with Crippen LogP contribution in [0.1, 0.15) is 74.6 Å². The number of aryl methyl sites for hydroxylation is 1. The minimum atomic E-state index is -3.82. The summed E-state index contributed by atoms with van der Waals surface area (Å²) >= 11 is 0. The fraction of sp³-hybridized carbons (Fsp3) is 0.500. The molecule has 48 heavy (non-hydrogen) atoms. The van der Waals surface area contributed by atoms with E-state index in [4.69, 9.17) is 0 Å². The van der Waals surface area contributed by atoms with Gasteiger partial charge in [-0.3, -0.25) is 13.9 Å². The number of hydrogen-bond donors (Lipinski definition) is 1. The van der Waals surface area contributed by atoms with E-state index >= 15 is 0 Å². The first-order valence-electron chi connectivity index (χ1n) is 17.6. The topological polar surface area (TPSA) is 86.8 Å². The molecule has 0 unspecified atom stereocenters. The zero-order chi connectivity index (χ0) is 34.1. The molecule has 1 N–H and O–H groups in total. The van der Waals surface area contributed by atoms with Crippen molar-refractivity contribution in [1.82, 2.24) is 10.2 Å². The molecule has 2 amide bonds. The van der Waals surface area contributed by atoms with Gasteiger partial charge in [-0.2, -0.15) is 0 Å². The SMILES string of the molecule is Cc1cccc(CN(C(=O)CN(c2ccc(C34CC5CC(CC(C5)C3)C4)cc2)S(C)(=O)=O)[C@@H](Cc2ccccc2)C(=O)NCC(C)C)c1. The smallest absolute Gasteiger partial charge is 0.244 e. The summed E-state index contributed by atoms with van der Waals surface area (Å²) in [6, 6.07) is 24.7. The van der Waals surface area contributed by atoms with Crippen LogP contribution in [0.25, 0.3) is 0 Å². The molecule has 7 rings (SSSR count). The van der Waals surface area contributed by atoms with Crippen molar-refractivity contribution in [3.05, 3.63) is 101 Å². The number of hydrogen-bond acceptors (Lipinski definition) is 4. The molecule has 4 aliphatic rings. The van der Waals surface area contributed by atoms with Crippen LogP contribution in [-0.2, 0) is 38.0 Å². The van der Waals surface area contributed by atoms with Gasteiger partial charge in [0.05, 0.1) is 11.9 Å². The summed E-state index contributed by atoms with van der Waals surface area (Å²) < 4.78 is 27.9. The molecule has 256 valence electrons. The number of carbonyl (C=O) groups excluding carboxylic acids is 2. The Bertz CT molecular complexity index is 1670. The zero-order valence-corrected chi connectivity index (χ0v) is 29.7. The summed E-state index contributed by atoms with van der Waals surface area (Å²) in [7, 11) is -3.82. The van der Waals surface area contributed by atoms with Crippen LogP contribution in [-0.4, -0.2) is 50.5 Å². The Hall–Kier alpha value is -3.65. The lowest BCUT2D eigenvalue weighted by atomic mass is 9.48. The second-order valence-corrected chi connectivity index (χ2v) is 17.3. The fourth-order valence-electron chi connectivity index (χ4n) is 9.04. The van der Waals surface area contributed by atoms with Gasteiger partial charge in [-0.15, -0.1) is 0 Å². The molecule has 0 saturated heterocycles. The van der Waals surface area contributed by atoms with Gasteiger partial charge in [-0.25, -0.2) is 8.42 Å². The van der Waals surface area contributed by atoms with Crippen molar-refractivity contribution in [2.24, 2.45) is 23.7 Å².